The highest BCUT2D eigenvalue weighted by Gasteiger charge is 2.09. The molecule has 1 amide bonds. The fourth-order valence-corrected chi connectivity index (χ4v) is 2.31. The largest absolute Gasteiger partial charge is 0.457 e. The van der Waals surface area contributed by atoms with Crippen molar-refractivity contribution in [3.63, 3.8) is 0 Å². The summed E-state index contributed by atoms with van der Waals surface area (Å²) in [5.74, 6) is -1.29. The van der Waals surface area contributed by atoms with Crippen molar-refractivity contribution in [2.45, 2.75) is 6.92 Å². The maximum atomic E-state index is 13.3. The molecule has 0 saturated heterocycles. The molecule has 5 heteroatoms. The number of aryl methyl sites for hydroxylation is 1. The van der Waals surface area contributed by atoms with Crippen molar-refractivity contribution in [3.05, 3.63) is 89.5 Å². The molecule has 0 aliphatic rings. The standard InChI is InChI=1S/C20H15F2NO2/c1-13-7-8-17(25-18-10-15(21)9-16(22)11-18)12-19(13)23-20(24)14-5-3-2-4-6-14/h2-12H,1H3,(H,23,24). The monoisotopic (exact) mass is 339 g/mol. The lowest BCUT2D eigenvalue weighted by Crippen LogP contribution is -2.12. The third-order valence-corrected chi connectivity index (χ3v) is 3.56. The van der Waals surface area contributed by atoms with Gasteiger partial charge in [-0.3, -0.25) is 4.79 Å². The Hall–Kier alpha value is -3.21. The van der Waals surface area contributed by atoms with Gasteiger partial charge >= 0.3 is 0 Å². The first-order valence-corrected chi connectivity index (χ1v) is 7.62. The quantitative estimate of drug-likeness (QED) is 0.699. The summed E-state index contributed by atoms with van der Waals surface area (Å²) in [6.45, 7) is 1.84. The van der Waals surface area contributed by atoms with Gasteiger partial charge in [0.05, 0.1) is 0 Å². The first-order chi connectivity index (χ1) is 12.0. The number of amides is 1. The van der Waals surface area contributed by atoms with Gasteiger partial charge in [0, 0.05) is 35.5 Å². The molecule has 0 aliphatic carbocycles. The predicted octanol–water partition coefficient (Wildman–Crippen LogP) is 5.32. The number of anilines is 1. The molecule has 0 bridgehead atoms. The molecule has 3 rings (SSSR count). The molecule has 25 heavy (non-hydrogen) atoms. The summed E-state index contributed by atoms with van der Waals surface area (Å²) in [5.41, 5.74) is 1.92. The van der Waals surface area contributed by atoms with E-state index in [4.69, 9.17) is 4.74 Å². The minimum Gasteiger partial charge on any atom is -0.457 e. The molecule has 0 heterocycles. The van der Waals surface area contributed by atoms with E-state index in [-0.39, 0.29) is 11.7 Å². The second-order valence-corrected chi connectivity index (χ2v) is 5.50. The molecule has 0 spiro atoms. The Balaban J connectivity index is 1.82. The molecule has 3 aromatic carbocycles. The smallest absolute Gasteiger partial charge is 0.255 e. The third-order valence-electron chi connectivity index (χ3n) is 3.56. The van der Waals surface area contributed by atoms with Gasteiger partial charge in [0.25, 0.3) is 5.91 Å². The fourth-order valence-electron chi connectivity index (χ4n) is 2.31. The lowest BCUT2D eigenvalue weighted by molar-refractivity contribution is 0.102. The highest BCUT2D eigenvalue weighted by Crippen LogP contribution is 2.28. The Bertz CT molecular complexity index is 891. The maximum Gasteiger partial charge on any atom is 0.255 e. The summed E-state index contributed by atoms with van der Waals surface area (Å²) in [4.78, 5) is 12.3. The lowest BCUT2D eigenvalue weighted by atomic mass is 10.1. The van der Waals surface area contributed by atoms with Crippen LogP contribution in [-0.4, -0.2) is 5.91 Å². The number of benzene rings is 3. The van der Waals surface area contributed by atoms with Crippen molar-refractivity contribution in [3.8, 4) is 11.5 Å². The molecule has 0 saturated carbocycles. The summed E-state index contributed by atoms with van der Waals surface area (Å²) in [6.07, 6.45) is 0. The first kappa shape index (κ1) is 16.6. The van der Waals surface area contributed by atoms with Crippen LogP contribution in [0.1, 0.15) is 15.9 Å². The zero-order valence-electron chi connectivity index (χ0n) is 13.4. The van der Waals surface area contributed by atoms with E-state index in [1.54, 1.807) is 42.5 Å². The SMILES string of the molecule is Cc1ccc(Oc2cc(F)cc(F)c2)cc1NC(=O)c1ccccc1. The van der Waals surface area contributed by atoms with Crippen molar-refractivity contribution < 1.29 is 18.3 Å². The van der Waals surface area contributed by atoms with Crippen LogP contribution >= 0.6 is 0 Å². The van der Waals surface area contributed by atoms with E-state index in [1.807, 2.05) is 13.0 Å². The number of ether oxygens (including phenoxy) is 1. The van der Waals surface area contributed by atoms with Gasteiger partial charge in [0.15, 0.2) is 0 Å². The van der Waals surface area contributed by atoms with E-state index in [0.717, 1.165) is 23.8 Å². The Kier molecular flexibility index (Phi) is 4.75. The Labute approximate surface area is 143 Å². The fraction of sp³-hybridized carbons (Fsp3) is 0.0500. The van der Waals surface area contributed by atoms with Crippen LogP contribution in [0.5, 0.6) is 11.5 Å². The summed E-state index contributed by atoms with van der Waals surface area (Å²) in [5, 5.41) is 2.81. The average molecular weight is 339 g/mol. The molecule has 0 radical (unpaired) electrons. The van der Waals surface area contributed by atoms with Crippen molar-refractivity contribution in [2.24, 2.45) is 0 Å². The van der Waals surface area contributed by atoms with Crippen LogP contribution in [0.25, 0.3) is 0 Å². The second-order valence-electron chi connectivity index (χ2n) is 5.50. The summed E-state index contributed by atoms with van der Waals surface area (Å²) < 4.78 is 32.0. The van der Waals surface area contributed by atoms with Crippen LogP contribution in [0.3, 0.4) is 0 Å². The van der Waals surface area contributed by atoms with E-state index in [2.05, 4.69) is 5.32 Å². The molecule has 3 nitrogen and oxygen atoms in total. The summed E-state index contributed by atoms with van der Waals surface area (Å²) in [6, 6.07) is 16.8. The lowest BCUT2D eigenvalue weighted by Gasteiger charge is -2.12. The highest BCUT2D eigenvalue weighted by atomic mass is 19.1. The number of hydrogen-bond acceptors (Lipinski definition) is 2. The minimum absolute atomic E-state index is 0.0432. The Morgan fingerprint density at radius 1 is 0.880 bits per heavy atom. The van der Waals surface area contributed by atoms with Crippen molar-refractivity contribution in [2.75, 3.05) is 5.32 Å². The summed E-state index contributed by atoms with van der Waals surface area (Å²) >= 11 is 0. The van der Waals surface area contributed by atoms with Crippen LogP contribution in [0.15, 0.2) is 66.7 Å². The van der Waals surface area contributed by atoms with Gasteiger partial charge in [-0.2, -0.15) is 0 Å². The molecule has 0 fully saturated rings. The Morgan fingerprint density at radius 3 is 2.24 bits per heavy atom. The number of rotatable bonds is 4. The number of hydrogen-bond donors (Lipinski definition) is 1. The molecular weight excluding hydrogens is 324 g/mol. The predicted molar refractivity (Wildman–Crippen MR) is 92.0 cm³/mol. The van der Waals surface area contributed by atoms with E-state index in [0.29, 0.717) is 17.0 Å². The average Bonchev–Trinajstić information content (AvgIpc) is 2.58. The normalized spacial score (nSPS) is 10.4. The van der Waals surface area contributed by atoms with Gasteiger partial charge in [-0.15, -0.1) is 0 Å². The minimum atomic E-state index is -0.722. The van der Waals surface area contributed by atoms with Crippen LogP contribution < -0.4 is 10.1 Å². The van der Waals surface area contributed by atoms with Crippen LogP contribution in [-0.2, 0) is 0 Å². The first-order valence-electron chi connectivity index (χ1n) is 7.62. The molecular formula is C20H15F2NO2. The maximum absolute atomic E-state index is 13.3. The zero-order chi connectivity index (χ0) is 17.8. The molecule has 0 unspecified atom stereocenters. The van der Waals surface area contributed by atoms with Gasteiger partial charge in [-0.25, -0.2) is 8.78 Å². The van der Waals surface area contributed by atoms with Gasteiger partial charge in [0.2, 0.25) is 0 Å². The van der Waals surface area contributed by atoms with E-state index < -0.39 is 11.6 Å². The second kappa shape index (κ2) is 7.13. The van der Waals surface area contributed by atoms with Crippen molar-refractivity contribution in [1.82, 2.24) is 0 Å². The molecule has 1 N–H and O–H groups in total. The molecule has 0 aliphatic heterocycles. The van der Waals surface area contributed by atoms with Crippen LogP contribution in [0, 0.1) is 18.6 Å². The molecule has 3 aromatic rings. The van der Waals surface area contributed by atoms with Gasteiger partial charge in [-0.05, 0) is 30.7 Å². The van der Waals surface area contributed by atoms with Gasteiger partial charge in [-0.1, -0.05) is 24.3 Å². The number of nitrogens with one attached hydrogen (secondary N) is 1. The van der Waals surface area contributed by atoms with Gasteiger partial charge in [0.1, 0.15) is 23.1 Å². The van der Waals surface area contributed by atoms with Gasteiger partial charge < -0.3 is 10.1 Å². The number of carbonyl (C=O) groups excluding carboxylic acids is 1. The van der Waals surface area contributed by atoms with Crippen LogP contribution in [0.4, 0.5) is 14.5 Å². The number of halogens is 2. The van der Waals surface area contributed by atoms with Crippen molar-refractivity contribution in [1.29, 1.82) is 0 Å². The van der Waals surface area contributed by atoms with Crippen LogP contribution in [0.2, 0.25) is 0 Å². The third kappa shape index (κ3) is 4.20. The molecule has 126 valence electrons. The van der Waals surface area contributed by atoms with E-state index in [1.165, 1.54) is 0 Å². The zero-order valence-corrected chi connectivity index (χ0v) is 13.4. The highest BCUT2D eigenvalue weighted by molar-refractivity contribution is 6.04. The topological polar surface area (TPSA) is 38.3 Å². The van der Waals surface area contributed by atoms with Crippen molar-refractivity contribution >= 4 is 11.6 Å². The van der Waals surface area contributed by atoms with E-state index >= 15 is 0 Å². The molecule has 0 aromatic heterocycles. The Morgan fingerprint density at radius 2 is 1.56 bits per heavy atom. The molecule has 0 atom stereocenters. The van der Waals surface area contributed by atoms with E-state index in [9.17, 15) is 13.6 Å². The number of carbonyl (C=O) groups is 1. The summed E-state index contributed by atoms with van der Waals surface area (Å²) in [7, 11) is 0.